The fraction of sp³-hybridized carbons (Fsp3) is 0.286. The highest BCUT2D eigenvalue weighted by atomic mass is 32.2. The van der Waals surface area contributed by atoms with Crippen LogP contribution in [0.2, 0.25) is 0 Å². The molecule has 0 radical (unpaired) electrons. The molecule has 9 heteroatoms. The van der Waals surface area contributed by atoms with Gasteiger partial charge in [-0.25, -0.2) is 9.59 Å². The number of anilines is 1. The summed E-state index contributed by atoms with van der Waals surface area (Å²) < 4.78 is 41.1. The summed E-state index contributed by atoms with van der Waals surface area (Å²) in [5.41, 5.74) is 0.388. The summed E-state index contributed by atoms with van der Waals surface area (Å²) >= 11 is 0. The van der Waals surface area contributed by atoms with Crippen molar-refractivity contribution >= 4 is 27.7 Å². The number of hydrogen-bond acceptors (Lipinski definition) is 7. The summed E-state index contributed by atoms with van der Waals surface area (Å²) in [5, 5.41) is 2.68. The number of nitrogens with one attached hydrogen (secondary N) is 1. The van der Waals surface area contributed by atoms with Crippen molar-refractivity contribution in [3.63, 3.8) is 0 Å². The van der Waals surface area contributed by atoms with Crippen molar-refractivity contribution in [2.45, 2.75) is 31.5 Å². The van der Waals surface area contributed by atoms with Gasteiger partial charge in [-0.1, -0.05) is 0 Å². The van der Waals surface area contributed by atoms with Gasteiger partial charge in [0.05, 0.1) is 4.90 Å². The fourth-order valence-corrected chi connectivity index (χ4v) is 2.67. The first-order valence-electron chi connectivity index (χ1n) is 6.51. The van der Waals surface area contributed by atoms with Gasteiger partial charge < -0.3 is 14.8 Å². The van der Waals surface area contributed by atoms with Gasteiger partial charge in [-0.3, -0.25) is 4.55 Å². The molecule has 2 N–H and O–H groups in total. The number of carbonyl (C=O) groups is 2. The molecule has 1 aromatic rings. The zero-order valence-electron chi connectivity index (χ0n) is 12.6. The molecule has 1 aliphatic rings. The first-order chi connectivity index (χ1) is 10.5. The van der Waals surface area contributed by atoms with E-state index in [9.17, 15) is 18.0 Å². The molecular weight excluding hydrogens is 326 g/mol. The normalized spacial score (nSPS) is 17.3. The molecule has 1 aromatic carbocycles. The van der Waals surface area contributed by atoms with E-state index in [1.165, 1.54) is 39.0 Å². The van der Waals surface area contributed by atoms with Crippen molar-refractivity contribution in [3.05, 3.63) is 35.5 Å². The Morgan fingerprint density at radius 2 is 1.74 bits per heavy atom. The number of carbonyl (C=O) groups excluding carboxylic acids is 2. The van der Waals surface area contributed by atoms with E-state index in [0.717, 1.165) is 6.20 Å². The highest BCUT2D eigenvalue weighted by Crippen LogP contribution is 2.23. The molecule has 23 heavy (non-hydrogen) atoms. The summed E-state index contributed by atoms with van der Waals surface area (Å²) in [4.78, 5) is 23.3. The third-order valence-corrected chi connectivity index (χ3v) is 3.97. The average Bonchev–Trinajstić information content (AvgIpc) is 2.34. The molecule has 0 aliphatic carbocycles. The van der Waals surface area contributed by atoms with Crippen LogP contribution in [-0.4, -0.2) is 30.7 Å². The Kier molecular flexibility index (Phi) is 4.18. The van der Waals surface area contributed by atoms with Crippen LogP contribution < -0.4 is 5.32 Å². The average molecular weight is 341 g/mol. The van der Waals surface area contributed by atoms with Crippen LogP contribution in [0, 0.1) is 6.92 Å². The number of ether oxygens (including phenoxy) is 2. The molecule has 0 amide bonds. The lowest BCUT2D eigenvalue weighted by molar-refractivity contribution is -0.222. The minimum Gasteiger partial charge on any atom is -0.419 e. The van der Waals surface area contributed by atoms with Crippen LogP contribution >= 0.6 is 0 Å². The maximum absolute atomic E-state index is 11.8. The molecule has 1 saturated heterocycles. The highest BCUT2D eigenvalue weighted by molar-refractivity contribution is 7.85. The van der Waals surface area contributed by atoms with E-state index in [0.29, 0.717) is 11.3 Å². The van der Waals surface area contributed by atoms with Crippen molar-refractivity contribution in [2.75, 3.05) is 5.32 Å². The van der Waals surface area contributed by atoms with Crippen LogP contribution in [0.4, 0.5) is 5.69 Å². The Balaban J connectivity index is 2.22. The van der Waals surface area contributed by atoms with E-state index in [2.05, 4.69) is 5.32 Å². The predicted octanol–water partition coefficient (Wildman–Crippen LogP) is 1.37. The zero-order chi connectivity index (χ0) is 17.4. The van der Waals surface area contributed by atoms with Gasteiger partial charge in [-0.05, 0) is 30.7 Å². The third-order valence-electron chi connectivity index (χ3n) is 2.95. The molecule has 1 aliphatic heterocycles. The molecule has 1 heterocycles. The van der Waals surface area contributed by atoms with Crippen molar-refractivity contribution in [1.82, 2.24) is 0 Å². The Bertz CT molecular complexity index is 786. The topological polar surface area (TPSA) is 119 Å². The molecule has 0 bridgehead atoms. The second-order valence-corrected chi connectivity index (χ2v) is 6.73. The van der Waals surface area contributed by atoms with Gasteiger partial charge in [-0.15, -0.1) is 0 Å². The summed E-state index contributed by atoms with van der Waals surface area (Å²) in [7, 11) is -4.31. The minimum absolute atomic E-state index is 0.228. The van der Waals surface area contributed by atoms with Gasteiger partial charge in [0, 0.05) is 25.7 Å². The van der Waals surface area contributed by atoms with Crippen molar-refractivity contribution in [2.24, 2.45) is 0 Å². The second kappa shape index (κ2) is 5.67. The fourth-order valence-electron chi connectivity index (χ4n) is 1.96. The first-order valence-corrected chi connectivity index (χ1v) is 7.95. The quantitative estimate of drug-likeness (QED) is 0.366. The lowest BCUT2D eigenvalue weighted by Crippen LogP contribution is -2.42. The van der Waals surface area contributed by atoms with Crippen LogP contribution in [0.5, 0.6) is 0 Å². The number of rotatable bonds is 3. The molecule has 0 atom stereocenters. The van der Waals surface area contributed by atoms with Crippen LogP contribution in [0.3, 0.4) is 0 Å². The summed E-state index contributed by atoms with van der Waals surface area (Å²) in [5.74, 6) is -2.98. The highest BCUT2D eigenvalue weighted by Gasteiger charge is 2.38. The molecule has 0 unspecified atom stereocenters. The van der Waals surface area contributed by atoms with E-state index < -0.39 is 27.8 Å². The van der Waals surface area contributed by atoms with E-state index in [1.807, 2.05) is 0 Å². The van der Waals surface area contributed by atoms with E-state index in [-0.39, 0.29) is 10.5 Å². The van der Waals surface area contributed by atoms with Crippen LogP contribution in [-0.2, 0) is 29.2 Å². The molecule has 8 nitrogen and oxygen atoms in total. The Morgan fingerprint density at radius 3 is 2.22 bits per heavy atom. The second-order valence-electron chi connectivity index (χ2n) is 5.34. The molecule has 0 spiro atoms. The van der Waals surface area contributed by atoms with Gasteiger partial charge in [0.2, 0.25) is 0 Å². The maximum atomic E-state index is 11.8. The minimum atomic E-state index is -4.31. The number of hydrogen-bond donors (Lipinski definition) is 2. The molecular formula is C14H15NO7S. The van der Waals surface area contributed by atoms with Gasteiger partial charge >= 0.3 is 11.9 Å². The third kappa shape index (κ3) is 3.88. The van der Waals surface area contributed by atoms with Crippen LogP contribution in [0.1, 0.15) is 19.4 Å². The van der Waals surface area contributed by atoms with E-state index >= 15 is 0 Å². The van der Waals surface area contributed by atoms with Gasteiger partial charge in [-0.2, -0.15) is 8.42 Å². The molecule has 1 fully saturated rings. The van der Waals surface area contributed by atoms with Gasteiger partial charge in [0.15, 0.2) is 5.57 Å². The molecule has 2 rings (SSSR count). The Hall–Kier alpha value is -2.39. The summed E-state index contributed by atoms with van der Waals surface area (Å²) in [6.07, 6.45) is 1.11. The lowest BCUT2D eigenvalue weighted by Gasteiger charge is -2.29. The summed E-state index contributed by atoms with van der Waals surface area (Å²) in [6, 6.07) is 4.01. The number of cyclic esters (lactones) is 2. The van der Waals surface area contributed by atoms with Crippen LogP contribution in [0.15, 0.2) is 34.9 Å². The molecule has 124 valence electrons. The van der Waals surface area contributed by atoms with Crippen molar-refractivity contribution in [1.29, 1.82) is 0 Å². The first kappa shape index (κ1) is 17.0. The lowest BCUT2D eigenvalue weighted by atomic mass is 10.2. The Labute approximate surface area is 132 Å². The SMILES string of the molecule is Cc1cc(NC=C2C(=O)OC(C)(C)OC2=O)ccc1S(=O)(=O)O. The Morgan fingerprint density at radius 1 is 1.17 bits per heavy atom. The van der Waals surface area contributed by atoms with Crippen molar-refractivity contribution in [3.8, 4) is 0 Å². The van der Waals surface area contributed by atoms with Gasteiger partial charge in [0.25, 0.3) is 15.9 Å². The standard InChI is InChI=1S/C14H15NO7S/c1-8-6-9(4-5-11(8)23(18,19)20)15-7-10-12(16)21-14(2,3)22-13(10)17/h4-7,15H,1-3H3,(H,18,19,20). The zero-order valence-corrected chi connectivity index (χ0v) is 13.4. The molecule has 0 saturated carbocycles. The monoisotopic (exact) mass is 341 g/mol. The summed E-state index contributed by atoms with van der Waals surface area (Å²) in [6.45, 7) is 4.36. The van der Waals surface area contributed by atoms with E-state index in [1.54, 1.807) is 0 Å². The number of aryl methyl sites for hydroxylation is 1. The maximum Gasteiger partial charge on any atom is 0.350 e. The predicted molar refractivity (Wildman–Crippen MR) is 79.0 cm³/mol. The molecule has 0 aromatic heterocycles. The number of benzene rings is 1. The smallest absolute Gasteiger partial charge is 0.350 e. The van der Waals surface area contributed by atoms with Gasteiger partial charge in [0.1, 0.15) is 0 Å². The van der Waals surface area contributed by atoms with E-state index in [4.69, 9.17) is 14.0 Å². The number of esters is 2. The van der Waals surface area contributed by atoms with Crippen molar-refractivity contribution < 1.29 is 32.0 Å². The largest absolute Gasteiger partial charge is 0.419 e. The van der Waals surface area contributed by atoms with Crippen LogP contribution in [0.25, 0.3) is 0 Å².